The van der Waals surface area contributed by atoms with Crippen LogP contribution in [0.15, 0.2) is 24.8 Å². The molecule has 3 heterocycles. The van der Waals surface area contributed by atoms with E-state index < -0.39 is 39.0 Å². The molecule has 0 aliphatic carbocycles. The summed E-state index contributed by atoms with van der Waals surface area (Å²) in [7, 11) is -4.78. The maximum Gasteiger partial charge on any atom is 0.469 e. The molecule has 0 saturated carbocycles. The number of benzene rings is 1. The summed E-state index contributed by atoms with van der Waals surface area (Å²) >= 11 is 18.5. The van der Waals surface area contributed by atoms with E-state index in [2.05, 4.69) is 24.8 Å². The molecule has 0 amide bonds. The van der Waals surface area contributed by atoms with Crippen molar-refractivity contribution in [1.82, 2.24) is 19.5 Å². The largest absolute Gasteiger partial charge is 0.469 e. The van der Waals surface area contributed by atoms with E-state index in [-0.39, 0.29) is 12.2 Å². The number of fused-ring (bicyclic) bond motifs is 1. The number of nitrogens with one attached hydrogen (secondary N) is 1. The SMILES string of the molecule is O=P(O)(O)OC[C@H]1O[C@@H](n2cnc3c(NCc4c(Cl)ccc(Cl)c4Cl)ncnc32)[C@H](O)[C@@H]1O. The number of imidazole rings is 1. The van der Waals surface area contributed by atoms with Crippen LogP contribution in [-0.4, -0.2) is 64.4 Å². The van der Waals surface area contributed by atoms with E-state index in [1.165, 1.54) is 17.2 Å². The number of hydrogen-bond acceptors (Lipinski definition) is 9. The van der Waals surface area contributed by atoms with Crippen LogP contribution in [0.1, 0.15) is 11.8 Å². The monoisotopic (exact) mass is 539 g/mol. The van der Waals surface area contributed by atoms with Crippen molar-refractivity contribution < 1.29 is 33.8 Å². The molecule has 1 fully saturated rings. The van der Waals surface area contributed by atoms with Crippen molar-refractivity contribution in [2.24, 2.45) is 0 Å². The third kappa shape index (κ3) is 5.10. The Kier molecular flexibility index (Phi) is 7.13. The highest BCUT2D eigenvalue weighted by Crippen LogP contribution is 2.39. The Morgan fingerprint density at radius 3 is 2.58 bits per heavy atom. The van der Waals surface area contributed by atoms with Gasteiger partial charge in [0.2, 0.25) is 0 Å². The molecule has 4 atom stereocenters. The lowest BCUT2D eigenvalue weighted by Crippen LogP contribution is -2.33. The van der Waals surface area contributed by atoms with Crippen molar-refractivity contribution in [2.45, 2.75) is 31.1 Å². The van der Waals surface area contributed by atoms with Crippen LogP contribution in [0.4, 0.5) is 5.82 Å². The molecule has 2 aromatic heterocycles. The minimum Gasteiger partial charge on any atom is -0.387 e. The molecule has 0 spiro atoms. The first-order valence-corrected chi connectivity index (χ1v) is 12.0. The van der Waals surface area contributed by atoms with E-state index >= 15 is 0 Å². The topological polar surface area (TPSA) is 172 Å². The van der Waals surface area contributed by atoms with Crippen LogP contribution in [0.2, 0.25) is 15.1 Å². The molecule has 1 saturated heterocycles. The normalized spacial score (nSPS) is 23.4. The summed E-state index contributed by atoms with van der Waals surface area (Å²) < 4.78 is 22.3. The number of phosphoric acid groups is 1. The van der Waals surface area contributed by atoms with E-state index in [1.807, 2.05) is 0 Å². The third-order valence-corrected chi connectivity index (χ3v) is 6.63. The average molecular weight is 541 g/mol. The second-order valence-corrected chi connectivity index (χ2v) is 9.49. The fourth-order valence-electron chi connectivity index (χ4n) is 3.34. The summed E-state index contributed by atoms with van der Waals surface area (Å²) in [6, 6.07) is 3.20. The van der Waals surface area contributed by atoms with Gasteiger partial charge in [-0.15, -0.1) is 0 Å². The fourth-order valence-corrected chi connectivity index (χ4v) is 4.36. The number of aliphatic hydroxyl groups is 2. The van der Waals surface area contributed by atoms with E-state index in [0.717, 1.165) is 0 Å². The molecule has 1 aromatic carbocycles. The number of nitrogens with zero attached hydrogens (tertiary/aromatic N) is 4. The molecule has 16 heteroatoms. The lowest BCUT2D eigenvalue weighted by atomic mass is 10.1. The molecule has 33 heavy (non-hydrogen) atoms. The highest BCUT2D eigenvalue weighted by Gasteiger charge is 2.45. The number of hydrogen-bond donors (Lipinski definition) is 5. The van der Waals surface area contributed by atoms with Crippen LogP contribution >= 0.6 is 42.6 Å². The Morgan fingerprint density at radius 2 is 1.85 bits per heavy atom. The Balaban J connectivity index is 1.57. The van der Waals surface area contributed by atoms with Crippen molar-refractivity contribution in [2.75, 3.05) is 11.9 Å². The fraction of sp³-hybridized carbons (Fsp3) is 0.353. The first kappa shape index (κ1) is 24.6. The van der Waals surface area contributed by atoms with Crippen LogP contribution in [-0.2, 0) is 20.4 Å². The average Bonchev–Trinajstić information content (AvgIpc) is 3.31. The van der Waals surface area contributed by atoms with Crippen molar-refractivity contribution >= 4 is 59.6 Å². The molecule has 0 unspecified atom stereocenters. The zero-order valence-electron chi connectivity index (χ0n) is 16.4. The lowest BCUT2D eigenvalue weighted by molar-refractivity contribution is -0.0504. The van der Waals surface area contributed by atoms with E-state index in [4.69, 9.17) is 49.3 Å². The Hall–Kier alpha value is -1.57. The number of aliphatic hydroxyl groups excluding tert-OH is 2. The van der Waals surface area contributed by atoms with Gasteiger partial charge in [0, 0.05) is 17.1 Å². The molecule has 12 nitrogen and oxygen atoms in total. The summed E-state index contributed by atoms with van der Waals surface area (Å²) in [4.78, 5) is 30.3. The first-order chi connectivity index (χ1) is 15.6. The van der Waals surface area contributed by atoms with Gasteiger partial charge in [0.05, 0.1) is 23.0 Å². The molecule has 1 aliphatic rings. The number of ether oxygens (including phenoxy) is 1. The van der Waals surface area contributed by atoms with Gasteiger partial charge >= 0.3 is 7.82 Å². The number of rotatable bonds is 7. The number of anilines is 1. The summed E-state index contributed by atoms with van der Waals surface area (Å²) in [5.41, 5.74) is 1.15. The number of phosphoric ester groups is 1. The standard InChI is InChI=1S/C17H17Cl3N5O7P/c18-8-1-2-9(19)11(20)7(8)3-21-15-12-16(23-5-22-15)25(6-24-12)17-14(27)13(26)10(32-17)4-31-33(28,29)30/h1-2,5-6,10,13-14,17,26-27H,3-4H2,(H,21,22,23)(H2,28,29,30)/t10-,13-,14-,17-/m1/s1. The first-order valence-electron chi connectivity index (χ1n) is 9.32. The molecule has 3 aromatic rings. The minimum absolute atomic E-state index is 0.181. The number of halogens is 3. The van der Waals surface area contributed by atoms with Gasteiger partial charge in [-0.1, -0.05) is 34.8 Å². The summed E-state index contributed by atoms with van der Waals surface area (Å²) in [6.07, 6.45) is -2.65. The smallest absolute Gasteiger partial charge is 0.387 e. The van der Waals surface area contributed by atoms with Gasteiger partial charge in [0.15, 0.2) is 23.2 Å². The zero-order valence-corrected chi connectivity index (χ0v) is 19.6. The highest BCUT2D eigenvalue weighted by molar-refractivity contribution is 7.46. The quantitative estimate of drug-likeness (QED) is 0.219. The summed E-state index contributed by atoms with van der Waals surface area (Å²) in [5.74, 6) is 0.334. The van der Waals surface area contributed by atoms with Crippen LogP contribution < -0.4 is 5.32 Å². The summed E-state index contributed by atoms with van der Waals surface area (Å²) in [6.45, 7) is -0.450. The van der Waals surface area contributed by atoms with Crippen molar-refractivity contribution in [3.63, 3.8) is 0 Å². The number of aromatic nitrogens is 4. The van der Waals surface area contributed by atoms with Gasteiger partial charge in [-0.05, 0) is 12.1 Å². The highest BCUT2D eigenvalue weighted by atomic mass is 35.5. The molecular formula is C17H17Cl3N5O7P. The predicted molar refractivity (Wildman–Crippen MR) is 118 cm³/mol. The second-order valence-electron chi connectivity index (χ2n) is 7.05. The van der Waals surface area contributed by atoms with E-state index in [9.17, 15) is 14.8 Å². The summed E-state index contributed by atoms with van der Waals surface area (Å²) in [5, 5.41) is 24.8. The Labute approximate surface area is 201 Å². The van der Waals surface area contributed by atoms with Gasteiger partial charge in [-0.25, -0.2) is 19.5 Å². The molecule has 0 bridgehead atoms. The zero-order chi connectivity index (χ0) is 23.9. The van der Waals surface area contributed by atoms with Crippen LogP contribution in [0.3, 0.4) is 0 Å². The Bertz CT molecular complexity index is 1230. The molecule has 0 radical (unpaired) electrons. The maximum absolute atomic E-state index is 10.9. The molecule has 178 valence electrons. The second kappa shape index (κ2) is 9.59. The molecule has 1 aliphatic heterocycles. The van der Waals surface area contributed by atoms with Crippen LogP contribution in [0, 0.1) is 0 Å². The minimum atomic E-state index is -4.78. The van der Waals surface area contributed by atoms with Gasteiger partial charge in [-0.2, -0.15) is 0 Å². The van der Waals surface area contributed by atoms with E-state index in [0.29, 0.717) is 32.0 Å². The maximum atomic E-state index is 10.9. The third-order valence-electron chi connectivity index (χ3n) is 4.95. The molecular weight excluding hydrogens is 524 g/mol. The van der Waals surface area contributed by atoms with Crippen LogP contribution in [0.5, 0.6) is 0 Å². The van der Waals surface area contributed by atoms with Crippen molar-refractivity contribution in [1.29, 1.82) is 0 Å². The van der Waals surface area contributed by atoms with Gasteiger partial charge in [0.1, 0.15) is 24.6 Å². The van der Waals surface area contributed by atoms with Crippen molar-refractivity contribution in [3.8, 4) is 0 Å². The van der Waals surface area contributed by atoms with Crippen LogP contribution in [0.25, 0.3) is 11.2 Å². The lowest BCUT2D eigenvalue weighted by Gasteiger charge is -2.16. The Morgan fingerprint density at radius 1 is 1.12 bits per heavy atom. The van der Waals surface area contributed by atoms with E-state index in [1.54, 1.807) is 12.1 Å². The predicted octanol–water partition coefficient (Wildman–Crippen LogP) is 2.13. The van der Waals surface area contributed by atoms with Gasteiger partial charge in [-0.3, -0.25) is 9.09 Å². The van der Waals surface area contributed by atoms with Crippen molar-refractivity contribution in [3.05, 3.63) is 45.4 Å². The van der Waals surface area contributed by atoms with Gasteiger partial charge < -0.3 is 30.1 Å². The molecule has 4 rings (SSSR count). The molecule has 5 N–H and O–H groups in total. The van der Waals surface area contributed by atoms with Gasteiger partial charge in [0.25, 0.3) is 0 Å².